The van der Waals surface area contributed by atoms with Crippen molar-refractivity contribution in [2.75, 3.05) is 18.0 Å². The van der Waals surface area contributed by atoms with E-state index < -0.39 is 0 Å². The van der Waals surface area contributed by atoms with Gasteiger partial charge in [-0.05, 0) is 13.0 Å². The molecule has 4 rings (SSSR count). The van der Waals surface area contributed by atoms with E-state index in [4.69, 9.17) is 4.74 Å². The molecule has 0 amide bonds. The van der Waals surface area contributed by atoms with Crippen molar-refractivity contribution in [3.8, 4) is 5.88 Å². The number of piperidine rings is 1. The molecule has 3 aromatic heterocycles. The van der Waals surface area contributed by atoms with Crippen LogP contribution in [0.15, 0.2) is 36.9 Å². The van der Waals surface area contributed by atoms with Crippen molar-refractivity contribution in [2.45, 2.75) is 25.9 Å². The van der Waals surface area contributed by atoms with Gasteiger partial charge >= 0.3 is 0 Å². The average Bonchev–Trinajstić information content (AvgIpc) is 3.03. The van der Waals surface area contributed by atoms with Crippen LogP contribution >= 0.6 is 0 Å². The average molecular weight is 310 g/mol. The first-order valence-electron chi connectivity index (χ1n) is 7.78. The third-order valence-electron chi connectivity index (χ3n) is 4.03. The van der Waals surface area contributed by atoms with E-state index in [-0.39, 0.29) is 6.10 Å². The summed E-state index contributed by atoms with van der Waals surface area (Å²) in [5, 5.41) is 4.17. The van der Waals surface area contributed by atoms with Gasteiger partial charge in [-0.15, -0.1) is 0 Å². The number of ether oxygens (including phenoxy) is 1. The number of anilines is 1. The van der Waals surface area contributed by atoms with Gasteiger partial charge in [-0.1, -0.05) is 0 Å². The summed E-state index contributed by atoms with van der Waals surface area (Å²) in [6, 6.07) is 3.92. The second-order valence-electron chi connectivity index (χ2n) is 5.72. The van der Waals surface area contributed by atoms with Crippen LogP contribution in [0.5, 0.6) is 5.88 Å². The van der Waals surface area contributed by atoms with Gasteiger partial charge in [0.15, 0.2) is 5.65 Å². The van der Waals surface area contributed by atoms with Crippen LogP contribution in [-0.2, 0) is 0 Å². The van der Waals surface area contributed by atoms with Gasteiger partial charge in [-0.2, -0.15) is 5.10 Å². The highest BCUT2D eigenvalue weighted by molar-refractivity contribution is 5.47. The van der Waals surface area contributed by atoms with Crippen LogP contribution < -0.4 is 9.64 Å². The van der Waals surface area contributed by atoms with E-state index >= 15 is 0 Å². The Balaban J connectivity index is 1.40. The van der Waals surface area contributed by atoms with Crippen LogP contribution in [0, 0.1) is 6.92 Å². The number of aryl methyl sites for hydroxylation is 1. The second kappa shape index (κ2) is 5.83. The van der Waals surface area contributed by atoms with Gasteiger partial charge < -0.3 is 9.64 Å². The van der Waals surface area contributed by atoms with E-state index in [1.54, 1.807) is 23.1 Å². The lowest BCUT2D eigenvalue weighted by atomic mass is 10.1. The quantitative estimate of drug-likeness (QED) is 0.736. The SMILES string of the molecule is Cc1cncc(OC2CCN(c3ccn4nccc4n3)CC2)n1. The Morgan fingerprint density at radius 1 is 1.13 bits per heavy atom. The first kappa shape index (κ1) is 13.9. The molecule has 0 aromatic carbocycles. The smallest absolute Gasteiger partial charge is 0.232 e. The van der Waals surface area contributed by atoms with Crippen LogP contribution in [0.3, 0.4) is 0 Å². The van der Waals surface area contributed by atoms with Gasteiger partial charge in [0.05, 0.1) is 18.1 Å². The Hall–Kier alpha value is -2.70. The summed E-state index contributed by atoms with van der Waals surface area (Å²) in [5.41, 5.74) is 1.74. The number of hydrogen-bond acceptors (Lipinski definition) is 6. The summed E-state index contributed by atoms with van der Waals surface area (Å²) in [6.45, 7) is 3.75. The highest BCUT2D eigenvalue weighted by Gasteiger charge is 2.22. The highest BCUT2D eigenvalue weighted by Crippen LogP contribution is 2.21. The van der Waals surface area contributed by atoms with E-state index in [0.29, 0.717) is 5.88 Å². The van der Waals surface area contributed by atoms with Crippen molar-refractivity contribution in [1.29, 1.82) is 0 Å². The van der Waals surface area contributed by atoms with Gasteiger partial charge in [-0.25, -0.2) is 14.5 Å². The van der Waals surface area contributed by atoms with E-state index in [1.165, 1.54) is 0 Å². The molecule has 1 aliphatic rings. The van der Waals surface area contributed by atoms with Crippen molar-refractivity contribution < 1.29 is 4.74 Å². The predicted octanol–water partition coefficient (Wildman–Crippen LogP) is 1.88. The minimum atomic E-state index is 0.182. The standard InChI is InChI=1S/C16H18N6O/c1-12-10-17-11-16(19-12)23-13-3-7-21(8-4-13)14-5-9-22-15(20-14)2-6-18-22/h2,5-6,9-11,13H,3-4,7-8H2,1H3. The maximum Gasteiger partial charge on any atom is 0.232 e. The number of hydrogen-bond donors (Lipinski definition) is 0. The third-order valence-corrected chi connectivity index (χ3v) is 4.03. The maximum atomic E-state index is 5.94. The zero-order valence-corrected chi connectivity index (χ0v) is 13.0. The Morgan fingerprint density at radius 2 is 2.00 bits per heavy atom. The summed E-state index contributed by atoms with van der Waals surface area (Å²) in [4.78, 5) is 15.4. The zero-order valence-electron chi connectivity index (χ0n) is 13.0. The molecule has 118 valence electrons. The van der Waals surface area contributed by atoms with Crippen molar-refractivity contribution in [3.05, 3.63) is 42.6 Å². The molecule has 7 heteroatoms. The topological polar surface area (TPSA) is 68.4 Å². The number of fused-ring (bicyclic) bond motifs is 1. The van der Waals surface area contributed by atoms with E-state index in [9.17, 15) is 0 Å². The molecule has 0 bridgehead atoms. The third kappa shape index (κ3) is 2.94. The number of nitrogens with zero attached hydrogens (tertiary/aromatic N) is 6. The Kier molecular flexibility index (Phi) is 3.53. The lowest BCUT2D eigenvalue weighted by molar-refractivity contribution is 0.163. The lowest BCUT2D eigenvalue weighted by Crippen LogP contribution is -2.38. The fourth-order valence-corrected chi connectivity index (χ4v) is 2.85. The Morgan fingerprint density at radius 3 is 2.83 bits per heavy atom. The fraction of sp³-hybridized carbons (Fsp3) is 0.375. The molecule has 3 aromatic rings. The van der Waals surface area contributed by atoms with Gasteiger partial charge in [0.1, 0.15) is 11.9 Å². The fourth-order valence-electron chi connectivity index (χ4n) is 2.85. The molecule has 0 atom stereocenters. The van der Waals surface area contributed by atoms with Crippen LogP contribution in [0.2, 0.25) is 0 Å². The molecule has 0 spiro atoms. The first-order valence-corrected chi connectivity index (χ1v) is 7.78. The van der Waals surface area contributed by atoms with Gasteiger partial charge in [0, 0.05) is 44.4 Å². The molecule has 23 heavy (non-hydrogen) atoms. The van der Waals surface area contributed by atoms with Crippen molar-refractivity contribution in [1.82, 2.24) is 24.6 Å². The summed E-state index contributed by atoms with van der Waals surface area (Å²) >= 11 is 0. The minimum Gasteiger partial charge on any atom is -0.473 e. The maximum absolute atomic E-state index is 5.94. The van der Waals surface area contributed by atoms with Crippen LogP contribution in [-0.4, -0.2) is 43.8 Å². The highest BCUT2D eigenvalue weighted by atomic mass is 16.5. The lowest BCUT2D eigenvalue weighted by Gasteiger charge is -2.32. The Labute approximate surface area is 134 Å². The molecule has 1 aliphatic heterocycles. The molecule has 0 saturated carbocycles. The monoisotopic (exact) mass is 310 g/mol. The van der Waals surface area contributed by atoms with Crippen LogP contribution in [0.25, 0.3) is 5.65 Å². The molecule has 4 heterocycles. The van der Waals surface area contributed by atoms with E-state index in [1.807, 2.05) is 25.3 Å². The Bertz CT molecular complexity index is 809. The van der Waals surface area contributed by atoms with Crippen molar-refractivity contribution in [3.63, 3.8) is 0 Å². The summed E-state index contributed by atoms with van der Waals surface area (Å²) in [6.07, 6.45) is 9.18. The van der Waals surface area contributed by atoms with E-state index in [0.717, 1.165) is 43.1 Å². The molecule has 1 fully saturated rings. The predicted molar refractivity (Wildman–Crippen MR) is 85.6 cm³/mol. The van der Waals surface area contributed by atoms with E-state index in [2.05, 4.69) is 25.0 Å². The molecule has 7 nitrogen and oxygen atoms in total. The number of aromatic nitrogens is 5. The molecular weight excluding hydrogens is 292 g/mol. The molecule has 0 N–H and O–H groups in total. The summed E-state index contributed by atoms with van der Waals surface area (Å²) < 4.78 is 7.72. The number of rotatable bonds is 3. The normalized spacial score (nSPS) is 16.0. The molecule has 1 saturated heterocycles. The first-order chi connectivity index (χ1) is 11.3. The second-order valence-corrected chi connectivity index (χ2v) is 5.72. The van der Waals surface area contributed by atoms with Crippen LogP contribution in [0.4, 0.5) is 5.82 Å². The molecule has 0 aliphatic carbocycles. The largest absolute Gasteiger partial charge is 0.473 e. The van der Waals surface area contributed by atoms with Gasteiger partial charge in [-0.3, -0.25) is 4.98 Å². The molecule has 0 unspecified atom stereocenters. The van der Waals surface area contributed by atoms with Crippen molar-refractivity contribution >= 4 is 11.5 Å². The minimum absolute atomic E-state index is 0.182. The van der Waals surface area contributed by atoms with Crippen molar-refractivity contribution in [2.24, 2.45) is 0 Å². The zero-order chi connectivity index (χ0) is 15.6. The summed E-state index contributed by atoms with van der Waals surface area (Å²) in [5.74, 6) is 1.61. The van der Waals surface area contributed by atoms with Gasteiger partial charge in [0.2, 0.25) is 5.88 Å². The summed E-state index contributed by atoms with van der Waals surface area (Å²) in [7, 11) is 0. The molecule has 0 radical (unpaired) electrons. The van der Waals surface area contributed by atoms with Gasteiger partial charge in [0.25, 0.3) is 0 Å². The molecular formula is C16H18N6O. The van der Waals surface area contributed by atoms with Crippen LogP contribution in [0.1, 0.15) is 18.5 Å².